The van der Waals surface area contributed by atoms with Crippen LogP contribution in [-0.4, -0.2) is 31.1 Å². The number of aromatic nitrogens is 1. The van der Waals surface area contributed by atoms with Gasteiger partial charge in [-0.25, -0.2) is 13.4 Å². The third-order valence-corrected chi connectivity index (χ3v) is 3.92. The molecule has 1 N–H and O–H groups in total. The Balaban J connectivity index is 3.72. The number of oxime groups is 1. The van der Waals surface area contributed by atoms with E-state index in [-0.39, 0.29) is 25.8 Å². The van der Waals surface area contributed by atoms with Gasteiger partial charge in [0.05, 0.1) is 16.8 Å². The molecule has 0 spiro atoms. The van der Waals surface area contributed by atoms with Crippen molar-refractivity contribution in [3.8, 4) is 0 Å². The van der Waals surface area contributed by atoms with Gasteiger partial charge in [-0.05, 0) is 0 Å². The summed E-state index contributed by atoms with van der Waals surface area (Å²) in [5.41, 5.74) is -0.0179. The Morgan fingerprint density at radius 3 is 2.31 bits per heavy atom. The zero-order valence-electron chi connectivity index (χ0n) is 7.78. The topological polar surface area (TPSA) is 79.6 Å². The quantitative estimate of drug-likeness (QED) is 0.393. The molecule has 5 nitrogen and oxygen atoms in total. The molecule has 0 aliphatic carbocycles. The average Bonchev–Trinajstić information content (AvgIpc) is 2.09. The molecule has 0 aliphatic heterocycles. The maximum atomic E-state index is 11.4. The molecule has 1 aromatic rings. The SMILES string of the molecule is CS(=O)(=O)c1c(Cl)nc(Cl)c(/C=N/O)c1Cl. The summed E-state index contributed by atoms with van der Waals surface area (Å²) in [4.78, 5) is 3.23. The summed E-state index contributed by atoms with van der Waals surface area (Å²) in [6, 6.07) is 0. The molecule has 1 heterocycles. The third-order valence-electron chi connectivity index (χ3n) is 1.60. The second kappa shape index (κ2) is 4.75. The molecule has 0 amide bonds. The zero-order chi connectivity index (χ0) is 12.5. The fraction of sp³-hybridized carbons (Fsp3) is 0.143. The normalized spacial score (nSPS) is 12.2. The first-order valence-corrected chi connectivity index (χ1v) is 6.73. The lowest BCUT2D eigenvalue weighted by Crippen LogP contribution is -2.04. The minimum atomic E-state index is -3.65. The molecule has 0 radical (unpaired) electrons. The van der Waals surface area contributed by atoms with Crippen LogP contribution in [0.3, 0.4) is 0 Å². The molecular weight excluding hydrogens is 299 g/mol. The zero-order valence-corrected chi connectivity index (χ0v) is 10.9. The third kappa shape index (κ3) is 2.57. The first-order chi connectivity index (χ1) is 7.29. The van der Waals surface area contributed by atoms with E-state index in [4.69, 9.17) is 40.0 Å². The molecule has 88 valence electrons. The van der Waals surface area contributed by atoms with Crippen LogP contribution in [0.4, 0.5) is 0 Å². The molecular formula is C7H5Cl3N2O3S. The summed E-state index contributed by atoms with van der Waals surface area (Å²) >= 11 is 17.1. The van der Waals surface area contributed by atoms with E-state index in [2.05, 4.69) is 10.1 Å². The van der Waals surface area contributed by atoms with Crippen molar-refractivity contribution >= 4 is 50.9 Å². The van der Waals surface area contributed by atoms with Gasteiger partial charge >= 0.3 is 0 Å². The lowest BCUT2D eigenvalue weighted by molar-refractivity contribution is 0.322. The second-order valence-electron chi connectivity index (χ2n) is 2.77. The molecule has 0 fully saturated rings. The number of halogens is 3. The number of pyridine rings is 1. The van der Waals surface area contributed by atoms with Crippen LogP contribution in [0.25, 0.3) is 0 Å². The van der Waals surface area contributed by atoms with Crippen LogP contribution in [0.5, 0.6) is 0 Å². The van der Waals surface area contributed by atoms with Crippen molar-refractivity contribution in [1.29, 1.82) is 0 Å². The Morgan fingerprint density at radius 1 is 1.31 bits per heavy atom. The van der Waals surface area contributed by atoms with Crippen molar-refractivity contribution in [1.82, 2.24) is 4.98 Å². The predicted molar refractivity (Wildman–Crippen MR) is 61.8 cm³/mol. The van der Waals surface area contributed by atoms with Crippen molar-refractivity contribution < 1.29 is 13.6 Å². The fourth-order valence-electron chi connectivity index (χ4n) is 0.984. The largest absolute Gasteiger partial charge is 0.411 e. The summed E-state index contributed by atoms with van der Waals surface area (Å²) in [5.74, 6) is 0. The van der Waals surface area contributed by atoms with Gasteiger partial charge in [-0.3, -0.25) is 0 Å². The van der Waals surface area contributed by atoms with Gasteiger partial charge in [0.1, 0.15) is 10.0 Å². The Labute approximate surface area is 107 Å². The fourth-order valence-corrected chi connectivity index (χ4v) is 3.39. The molecule has 1 rings (SSSR count). The van der Waals surface area contributed by atoms with Crippen LogP contribution in [-0.2, 0) is 9.84 Å². The van der Waals surface area contributed by atoms with Crippen LogP contribution in [0.15, 0.2) is 10.1 Å². The molecule has 0 saturated carbocycles. The highest BCUT2D eigenvalue weighted by atomic mass is 35.5. The maximum Gasteiger partial charge on any atom is 0.180 e. The van der Waals surface area contributed by atoms with Crippen LogP contribution in [0.1, 0.15) is 5.56 Å². The van der Waals surface area contributed by atoms with E-state index in [1.54, 1.807) is 0 Å². The average molecular weight is 304 g/mol. The highest BCUT2D eigenvalue weighted by Crippen LogP contribution is 2.33. The van der Waals surface area contributed by atoms with Crippen molar-refractivity contribution in [2.24, 2.45) is 5.16 Å². The van der Waals surface area contributed by atoms with Crippen LogP contribution < -0.4 is 0 Å². The van der Waals surface area contributed by atoms with E-state index < -0.39 is 9.84 Å². The Morgan fingerprint density at radius 2 is 1.88 bits per heavy atom. The number of sulfone groups is 1. The Bertz CT molecular complexity index is 556. The number of rotatable bonds is 2. The van der Waals surface area contributed by atoms with E-state index in [0.29, 0.717) is 0 Å². The number of nitrogens with zero attached hydrogens (tertiary/aromatic N) is 2. The van der Waals surface area contributed by atoms with Crippen molar-refractivity contribution in [2.75, 3.05) is 6.26 Å². The van der Waals surface area contributed by atoms with Gasteiger partial charge in [-0.15, -0.1) is 0 Å². The lowest BCUT2D eigenvalue weighted by Gasteiger charge is -2.07. The summed E-state index contributed by atoms with van der Waals surface area (Å²) < 4.78 is 22.8. The summed E-state index contributed by atoms with van der Waals surface area (Å²) in [5, 5.41) is 10.4. The van der Waals surface area contributed by atoms with Gasteiger partial charge in [-0.2, -0.15) is 0 Å². The predicted octanol–water partition coefficient (Wildman–Crippen LogP) is 2.25. The van der Waals surface area contributed by atoms with E-state index in [1.165, 1.54) is 0 Å². The van der Waals surface area contributed by atoms with Gasteiger partial charge < -0.3 is 5.21 Å². The summed E-state index contributed by atoms with van der Waals surface area (Å²) in [6.07, 6.45) is 1.80. The van der Waals surface area contributed by atoms with Crippen molar-refractivity contribution in [2.45, 2.75) is 4.90 Å². The minimum Gasteiger partial charge on any atom is -0.411 e. The second-order valence-corrected chi connectivity index (χ2v) is 5.81. The molecule has 0 aliphatic rings. The van der Waals surface area contributed by atoms with Crippen LogP contribution in [0.2, 0.25) is 15.3 Å². The van der Waals surface area contributed by atoms with Crippen LogP contribution >= 0.6 is 34.8 Å². The van der Waals surface area contributed by atoms with Gasteiger partial charge in [0.15, 0.2) is 15.0 Å². The molecule has 0 aromatic carbocycles. The number of hydrogen-bond donors (Lipinski definition) is 1. The smallest absolute Gasteiger partial charge is 0.180 e. The van der Waals surface area contributed by atoms with Crippen molar-refractivity contribution in [3.05, 3.63) is 20.9 Å². The molecule has 0 unspecified atom stereocenters. The van der Waals surface area contributed by atoms with Crippen molar-refractivity contribution in [3.63, 3.8) is 0 Å². The van der Waals surface area contributed by atoms with Gasteiger partial charge in [0.2, 0.25) is 0 Å². The monoisotopic (exact) mass is 302 g/mol. The molecule has 0 saturated heterocycles. The highest BCUT2D eigenvalue weighted by Gasteiger charge is 2.23. The van der Waals surface area contributed by atoms with Gasteiger partial charge in [-0.1, -0.05) is 40.0 Å². The number of hydrogen-bond acceptors (Lipinski definition) is 5. The molecule has 1 aromatic heterocycles. The van der Waals surface area contributed by atoms with E-state index in [1.807, 2.05) is 0 Å². The maximum absolute atomic E-state index is 11.4. The first kappa shape index (κ1) is 13.5. The van der Waals surface area contributed by atoms with Gasteiger partial charge in [0, 0.05) is 6.26 Å². The van der Waals surface area contributed by atoms with E-state index in [9.17, 15) is 8.42 Å². The molecule has 9 heteroatoms. The Kier molecular flexibility index (Phi) is 4.01. The van der Waals surface area contributed by atoms with Crippen LogP contribution in [0, 0.1) is 0 Å². The standard InChI is InChI=1S/C7H5Cl3N2O3S/c1-16(14,15)5-4(8)3(2-11-13)6(9)12-7(5)10/h2,13H,1H3/b11-2+. The molecule has 16 heavy (non-hydrogen) atoms. The first-order valence-electron chi connectivity index (χ1n) is 3.71. The summed E-state index contributed by atoms with van der Waals surface area (Å²) in [6.45, 7) is 0. The molecule has 0 bridgehead atoms. The van der Waals surface area contributed by atoms with Gasteiger partial charge in [0.25, 0.3) is 0 Å². The highest BCUT2D eigenvalue weighted by molar-refractivity contribution is 7.91. The summed E-state index contributed by atoms with van der Waals surface area (Å²) in [7, 11) is -3.65. The van der Waals surface area contributed by atoms with E-state index >= 15 is 0 Å². The molecule has 0 atom stereocenters. The Hall–Kier alpha value is -0.560. The lowest BCUT2D eigenvalue weighted by atomic mass is 10.3. The van der Waals surface area contributed by atoms with E-state index in [0.717, 1.165) is 12.5 Å². The minimum absolute atomic E-state index is 0.0179.